The molecule has 0 unspecified atom stereocenters. The summed E-state index contributed by atoms with van der Waals surface area (Å²) in [6, 6.07) is 11.1. The number of aromatic nitrogens is 4. The third-order valence-electron chi connectivity index (χ3n) is 4.60. The average Bonchev–Trinajstić information content (AvgIpc) is 3.16. The molecule has 146 valence electrons. The summed E-state index contributed by atoms with van der Waals surface area (Å²) < 4.78 is 12.2. The zero-order valence-corrected chi connectivity index (χ0v) is 15.7. The summed E-state index contributed by atoms with van der Waals surface area (Å²) in [5, 5.41) is 15.9. The van der Waals surface area contributed by atoms with Gasteiger partial charge in [0.05, 0.1) is 20.3 Å². The fourth-order valence-corrected chi connectivity index (χ4v) is 3.06. The van der Waals surface area contributed by atoms with Crippen molar-refractivity contribution in [2.24, 2.45) is 0 Å². The Bertz CT molecular complexity index is 950. The maximum Gasteiger partial charge on any atom is 0.224 e. The van der Waals surface area contributed by atoms with Crippen LogP contribution in [-0.4, -0.2) is 59.1 Å². The highest BCUT2D eigenvalue weighted by Crippen LogP contribution is 2.16. The summed E-state index contributed by atoms with van der Waals surface area (Å²) in [6.07, 6.45) is 0.735. The summed E-state index contributed by atoms with van der Waals surface area (Å²) in [4.78, 5) is 14.4. The lowest BCUT2D eigenvalue weighted by molar-refractivity contribution is -0.116. The van der Waals surface area contributed by atoms with Gasteiger partial charge in [-0.15, -0.1) is 15.3 Å². The minimum Gasteiger partial charge on any atom is -0.497 e. The molecule has 1 aliphatic heterocycles. The molecule has 1 aliphatic rings. The van der Waals surface area contributed by atoms with E-state index < -0.39 is 0 Å². The number of hydrogen-bond donors (Lipinski definition) is 1. The van der Waals surface area contributed by atoms with Gasteiger partial charge in [-0.25, -0.2) is 0 Å². The van der Waals surface area contributed by atoms with Crippen LogP contribution < -0.4 is 15.0 Å². The Morgan fingerprint density at radius 1 is 1.14 bits per heavy atom. The molecule has 9 nitrogen and oxygen atoms in total. The zero-order chi connectivity index (χ0) is 19.3. The van der Waals surface area contributed by atoms with E-state index in [0.29, 0.717) is 31.1 Å². The van der Waals surface area contributed by atoms with Gasteiger partial charge in [-0.2, -0.15) is 4.52 Å². The molecule has 1 amide bonds. The first kappa shape index (κ1) is 18.2. The molecule has 0 bridgehead atoms. The molecule has 0 aliphatic carbocycles. The summed E-state index contributed by atoms with van der Waals surface area (Å²) in [7, 11) is 1.61. The number of carbonyl (C=O) groups excluding carboxylic acids is 1. The van der Waals surface area contributed by atoms with Gasteiger partial charge in [0.25, 0.3) is 0 Å². The van der Waals surface area contributed by atoms with Gasteiger partial charge >= 0.3 is 0 Å². The number of anilines is 2. The standard InChI is InChI=1S/C19H22N6O3/c1-27-15-4-2-14(3-5-15)20-19(26)9-8-17-22-21-16-6-7-18(23-25(16)17)24-10-12-28-13-11-24/h2-7H,8-13H2,1H3,(H,20,26). The van der Waals surface area contributed by atoms with Gasteiger partial charge in [-0.3, -0.25) is 4.79 Å². The molecule has 2 aromatic heterocycles. The predicted octanol–water partition coefficient (Wildman–Crippen LogP) is 1.54. The number of nitrogens with one attached hydrogen (secondary N) is 1. The van der Waals surface area contributed by atoms with Crippen LogP contribution in [0.1, 0.15) is 12.2 Å². The summed E-state index contributed by atoms with van der Waals surface area (Å²) in [5.74, 6) is 2.18. The van der Waals surface area contributed by atoms with Crippen molar-refractivity contribution >= 4 is 23.1 Å². The van der Waals surface area contributed by atoms with Crippen molar-refractivity contribution in [1.29, 1.82) is 0 Å². The summed E-state index contributed by atoms with van der Waals surface area (Å²) >= 11 is 0. The number of nitrogens with zero attached hydrogens (tertiary/aromatic N) is 5. The van der Waals surface area contributed by atoms with Crippen LogP contribution in [0.25, 0.3) is 5.65 Å². The van der Waals surface area contributed by atoms with E-state index in [-0.39, 0.29) is 12.3 Å². The molecule has 1 saturated heterocycles. The van der Waals surface area contributed by atoms with Gasteiger partial charge in [-0.05, 0) is 36.4 Å². The highest BCUT2D eigenvalue weighted by atomic mass is 16.5. The predicted molar refractivity (Wildman–Crippen MR) is 104 cm³/mol. The summed E-state index contributed by atoms with van der Waals surface area (Å²) in [6.45, 7) is 3.00. The number of morpholine rings is 1. The molecule has 28 heavy (non-hydrogen) atoms. The Balaban J connectivity index is 1.41. The lowest BCUT2D eigenvalue weighted by Gasteiger charge is -2.27. The van der Waals surface area contributed by atoms with Crippen molar-refractivity contribution in [3.05, 3.63) is 42.2 Å². The van der Waals surface area contributed by atoms with Gasteiger partial charge in [-0.1, -0.05) is 0 Å². The second-order valence-electron chi connectivity index (χ2n) is 6.45. The van der Waals surface area contributed by atoms with Crippen molar-refractivity contribution < 1.29 is 14.3 Å². The van der Waals surface area contributed by atoms with Crippen molar-refractivity contribution in [3.8, 4) is 5.75 Å². The normalized spacial score (nSPS) is 14.2. The number of benzene rings is 1. The number of methoxy groups -OCH3 is 1. The molecule has 9 heteroatoms. The Morgan fingerprint density at radius 2 is 1.93 bits per heavy atom. The molecule has 3 aromatic rings. The fraction of sp³-hybridized carbons (Fsp3) is 0.368. The van der Waals surface area contributed by atoms with Gasteiger partial charge in [0.2, 0.25) is 5.91 Å². The number of carbonyl (C=O) groups is 1. The topological polar surface area (TPSA) is 93.9 Å². The van der Waals surface area contributed by atoms with Crippen LogP contribution in [0.2, 0.25) is 0 Å². The van der Waals surface area contributed by atoms with Crippen LogP contribution in [-0.2, 0) is 16.0 Å². The van der Waals surface area contributed by atoms with Gasteiger partial charge in [0.1, 0.15) is 11.6 Å². The van der Waals surface area contributed by atoms with Crippen molar-refractivity contribution in [2.45, 2.75) is 12.8 Å². The van der Waals surface area contributed by atoms with Gasteiger partial charge in [0, 0.05) is 31.6 Å². The maximum absolute atomic E-state index is 12.3. The molecule has 1 fully saturated rings. The second-order valence-corrected chi connectivity index (χ2v) is 6.45. The molecular weight excluding hydrogens is 360 g/mol. The van der Waals surface area contributed by atoms with E-state index in [1.807, 2.05) is 12.1 Å². The Morgan fingerprint density at radius 3 is 2.68 bits per heavy atom. The molecule has 1 N–H and O–H groups in total. The van der Waals surface area contributed by atoms with E-state index in [4.69, 9.17) is 9.47 Å². The first-order chi connectivity index (χ1) is 13.7. The molecule has 0 saturated carbocycles. The van der Waals surface area contributed by atoms with E-state index in [1.165, 1.54) is 0 Å². The quantitative estimate of drug-likeness (QED) is 0.691. The zero-order valence-electron chi connectivity index (χ0n) is 15.7. The first-order valence-electron chi connectivity index (χ1n) is 9.21. The highest BCUT2D eigenvalue weighted by molar-refractivity contribution is 5.90. The molecule has 0 spiro atoms. The lowest BCUT2D eigenvalue weighted by Crippen LogP contribution is -2.37. The molecule has 1 aromatic carbocycles. The third kappa shape index (κ3) is 4.04. The SMILES string of the molecule is COc1ccc(NC(=O)CCc2nnc3ccc(N4CCOCC4)nn23)cc1. The van der Waals surface area contributed by atoms with Crippen molar-refractivity contribution in [1.82, 2.24) is 19.8 Å². The number of amides is 1. The fourth-order valence-electron chi connectivity index (χ4n) is 3.06. The van der Waals surface area contributed by atoms with E-state index in [1.54, 1.807) is 35.9 Å². The Hall–Kier alpha value is -3.20. The minimum atomic E-state index is -0.0914. The van der Waals surface area contributed by atoms with Crippen LogP contribution >= 0.6 is 0 Å². The van der Waals surface area contributed by atoms with E-state index in [0.717, 1.165) is 30.3 Å². The first-order valence-corrected chi connectivity index (χ1v) is 9.21. The number of fused-ring (bicyclic) bond motifs is 1. The number of hydrogen-bond acceptors (Lipinski definition) is 7. The minimum absolute atomic E-state index is 0.0914. The summed E-state index contributed by atoms with van der Waals surface area (Å²) in [5.41, 5.74) is 1.40. The number of aryl methyl sites for hydroxylation is 1. The van der Waals surface area contributed by atoms with Crippen LogP contribution in [0.3, 0.4) is 0 Å². The Kier molecular flexibility index (Phi) is 5.34. The monoisotopic (exact) mass is 382 g/mol. The van der Waals surface area contributed by atoms with Gasteiger partial charge in [0.15, 0.2) is 11.5 Å². The number of rotatable bonds is 6. The van der Waals surface area contributed by atoms with Crippen LogP contribution in [0, 0.1) is 0 Å². The smallest absolute Gasteiger partial charge is 0.224 e. The van der Waals surface area contributed by atoms with E-state index in [2.05, 4.69) is 25.5 Å². The van der Waals surface area contributed by atoms with Crippen LogP contribution in [0.15, 0.2) is 36.4 Å². The van der Waals surface area contributed by atoms with Gasteiger partial charge < -0.3 is 19.7 Å². The third-order valence-corrected chi connectivity index (χ3v) is 4.60. The van der Waals surface area contributed by atoms with E-state index in [9.17, 15) is 4.79 Å². The molecular formula is C19H22N6O3. The van der Waals surface area contributed by atoms with Crippen molar-refractivity contribution in [3.63, 3.8) is 0 Å². The van der Waals surface area contributed by atoms with Crippen molar-refractivity contribution in [2.75, 3.05) is 43.6 Å². The van der Waals surface area contributed by atoms with Crippen LogP contribution in [0.4, 0.5) is 11.5 Å². The molecule has 0 atom stereocenters. The molecule has 3 heterocycles. The second kappa shape index (κ2) is 8.22. The maximum atomic E-state index is 12.3. The van der Waals surface area contributed by atoms with Crippen LogP contribution in [0.5, 0.6) is 5.75 Å². The lowest BCUT2D eigenvalue weighted by atomic mass is 10.2. The largest absolute Gasteiger partial charge is 0.497 e. The highest BCUT2D eigenvalue weighted by Gasteiger charge is 2.15. The number of ether oxygens (including phenoxy) is 2. The van der Waals surface area contributed by atoms with E-state index >= 15 is 0 Å². The molecule has 0 radical (unpaired) electrons. The average molecular weight is 382 g/mol. The molecule has 4 rings (SSSR count). The Labute approximate surface area is 162 Å².